The van der Waals surface area contributed by atoms with Crippen LogP contribution in [0.4, 0.5) is 15.5 Å². The molecule has 0 atom stereocenters. The molecular formula is C26H37N5O3S. The Kier molecular flexibility index (Phi) is 8.56. The van der Waals surface area contributed by atoms with E-state index in [2.05, 4.69) is 31.4 Å². The molecule has 1 saturated heterocycles. The Bertz CT molecular complexity index is 1070. The lowest BCUT2D eigenvalue weighted by Crippen LogP contribution is -2.39. The normalized spacial score (nSPS) is 14.8. The first-order valence-electron chi connectivity index (χ1n) is 12.0. The minimum absolute atomic E-state index is 0.0683. The van der Waals surface area contributed by atoms with Gasteiger partial charge in [-0.2, -0.15) is 0 Å². The maximum Gasteiger partial charge on any atom is 0.324 e. The van der Waals surface area contributed by atoms with Crippen molar-refractivity contribution in [3.05, 3.63) is 46.3 Å². The Labute approximate surface area is 212 Å². The van der Waals surface area contributed by atoms with Gasteiger partial charge in [0.05, 0.1) is 5.56 Å². The monoisotopic (exact) mass is 499 g/mol. The van der Waals surface area contributed by atoms with E-state index in [1.165, 1.54) is 11.3 Å². The Hall–Kier alpha value is -2.91. The number of aryl methyl sites for hydroxylation is 1. The summed E-state index contributed by atoms with van der Waals surface area (Å²) in [6.45, 7) is 10.9. The van der Waals surface area contributed by atoms with Crippen molar-refractivity contribution in [2.75, 3.05) is 57.5 Å². The van der Waals surface area contributed by atoms with Gasteiger partial charge in [0, 0.05) is 49.7 Å². The number of likely N-dealkylation sites (N-methyl/N-ethyl adjacent to an activating group) is 1. The molecule has 2 N–H and O–H groups in total. The standard InChI is InChI=1S/C26H37N5O3S/c1-18-9-7-8-10-20(18)27-25(34)28-23-19(17-21(35-23)26(2,3)4)24(33)31-12-11-22(32)30(15-16-31)14-13-29(5)6/h7-10,17H,11-16H2,1-6H3,(H2,27,28,34). The largest absolute Gasteiger partial charge is 0.340 e. The second-order valence-electron chi connectivity index (χ2n) is 10.2. The number of hydrogen-bond donors (Lipinski definition) is 2. The molecule has 0 radical (unpaired) electrons. The molecule has 1 aromatic carbocycles. The van der Waals surface area contributed by atoms with Gasteiger partial charge in [-0.1, -0.05) is 39.0 Å². The number of nitrogens with one attached hydrogen (secondary N) is 2. The summed E-state index contributed by atoms with van der Waals surface area (Å²) in [6, 6.07) is 9.03. The molecule has 1 aromatic heterocycles. The van der Waals surface area contributed by atoms with Crippen molar-refractivity contribution in [1.82, 2.24) is 14.7 Å². The smallest absolute Gasteiger partial charge is 0.324 e. The predicted octanol–water partition coefficient (Wildman–Crippen LogP) is 4.23. The predicted molar refractivity (Wildman–Crippen MR) is 142 cm³/mol. The number of para-hydroxylation sites is 1. The van der Waals surface area contributed by atoms with Crippen LogP contribution in [0.15, 0.2) is 30.3 Å². The molecule has 3 rings (SSSR count). The number of carbonyl (C=O) groups excluding carboxylic acids is 3. The summed E-state index contributed by atoms with van der Waals surface area (Å²) >= 11 is 1.42. The van der Waals surface area contributed by atoms with E-state index in [-0.39, 0.29) is 17.2 Å². The maximum atomic E-state index is 13.6. The molecule has 1 aliphatic heterocycles. The van der Waals surface area contributed by atoms with Crippen molar-refractivity contribution >= 4 is 39.9 Å². The lowest BCUT2D eigenvalue weighted by atomic mass is 9.94. The van der Waals surface area contributed by atoms with Crippen LogP contribution in [-0.4, -0.2) is 79.4 Å². The fourth-order valence-corrected chi connectivity index (χ4v) is 4.88. The zero-order valence-corrected chi connectivity index (χ0v) is 22.4. The molecule has 190 valence electrons. The van der Waals surface area contributed by atoms with Crippen LogP contribution >= 0.6 is 11.3 Å². The molecule has 0 aliphatic carbocycles. The number of thiophene rings is 1. The van der Waals surface area contributed by atoms with Gasteiger partial charge in [0.15, 0.2) is 0 Å². The highest BCUT2D eigenvalue weighted by atomic mass is 32.1. The zero-order valence-electron chi connectivity index (χ0n) is 21.6. The highest BCUT2D eigenvalue weighted by Crippen LogP contribution is 2.37. The average Bonchev–Trinajstić information content (AvgIpc) is 3.11. The molecular weight excluding hydrogens is 462 g/mol. The molecule has 1 fully saturated rings. The molecule has 4 amide bonds. The van der Waals surface area contributed by atoms with Crippen molar-refractivity contribution in [2.24, 2.45) is 0 Å². The summed E-state index contributed by atoms with van der Waals surface area (Å²) in [4.78, 5) is 45.6. The number of benzene rings is 1. The van der Waals surface area contributed by atoms with Crippen LogP contribution in [-0.2, 0) is 10.2 Å². The van der Waals surface area contributed by atoms with E-state index in [0.717, 1.165) is 17.0 Å². The Morgan fingerprint density at radius 1 is 1.09 bits per heavy atom. The molecule has 1 aliphatic rings. The lowest BCUT2D eigenvalue weighted by Gasteiger charge is -2.23. The molecule has 0 unspecified atom stereocenters. The van der Waals surface area contributed by atoms with E-state index in [1.54, 1.807) is 4.90 Å². The summed E-state index contributed by atoms with van der Waals surface area (Å²) < 4.78 is 0. The van der Waals surface area contributed by atoms with E-state index in [9.17, 15) is 14.4 Å². The van der Waals surface area contributed by atoms with E-state index in [1.807, 2.05) is 61.2 Å². The lowest BCUT2D eigenvalue weighted by molar-refractivity contribution is -0.130. The second-order valence-corrected chi connectivity index (χ2v) is 11.3. The van der Waals surface area contributed by atoms with E-state index in [4.69, 9.17) is 0 Å². The fraction of sp³-hybridized carbons (Fsp3) is 0.500. The molecule has 2 aromatic rings. The Balaban J connectivity index is 1.79. The van der Waals surface area contributed by atoms with Crippen molar-refractivity contribution in [3.63, 3.8) is 0 Å². The van der Waals surface area contributed by atoms with Crippen molar-refractivity contribution in [3.8, 4) is 0 Å². The van der Waals surface area contributed by atoms with Crippen LogP contribution in [0.1, 0.15) is 48.0 Å². The number of nitrogens with zero attached hydrogens (tertiary/aromatic N) is 3. The summed E-state index contributed by atoms with van der Waals surface area (Å²) in [5, 5.41) is 6.30. The number of rotatable bonds is 6. The highest BCUT2D eigenvalue weighted by Gasteiger charge is 2.29. The van der Waals surface area contributed by atoms with E-state index < -0.39 is 6.03 Å². The van der Waals surface area contributed by atoms with Crippen molar-refractivity contribution < 1.29 is 14.4 Å². The topological polar surface area (TPSA) is 85.0 Å². The summed E-state index contributed by atoms with van der Waals surface area (Å²) in [7, 11) is 3.95. The number of urea groups is 1. The molecule has 0 spiro atoms. The highest BCUT2D eigenvalue weighted by molar-refractivity contribution is 7.16. The number of anilines is 2. The second kappa shape index (κ2) is 11.2. The number of amides is 4. The van der Waals surface area contributed by atoms with Gasteiger partial charge in [0.1, 0.15) is 5.00 Å². The van der Waals surface area contributed by atoms with Crippen LogP contribution in [0.3, 0.4) is 0 Å². The Morgan fingerprint density at radius 2 is 1.80 bits per heavy atom. The molecule has 8 nitrogen and oxygen atoms in total. The van der Waals surface area contributed by atoms with Gasteiger partial charge < -0.3 is 20.0 Å². The van der Waals surface area contributed by atoms with Gasteiger partial charge >= 0.3 is 6.03 Å². The van der Waals surface area contributed by atoms with Crippen LogP contribution in [0.5, 0.6) is 0 Å². The molecule has 9 heteroatoms. The third-order valence-electron chi connectivity index (χ3n) is 6.01. The fourth-order valence-electron chi connectivity index (χ4n) is 3.78. The van der Waals surface area contributed by atoms with Gasteiger partial charge in [0.2, 0.25) is 5.91 Å². The first-order chi connectivity index (χ1) is 16.5. The number of carbonyl (C=O) groups is 3. The third-order valence-corrected chi connectivity index (χ3v) is 7.49. The summed E-state index contributed by atoms with van der Waals surface area (Å²) in [5.41, 5.74) is 1.96. The summed E-state index contributed by atoms with van der Waals surface area (Å²) in [5.74, 6) is -0.0935. The van der Waals surface area contributed by atoms with E-state index in [0.29, 0.717) is 48.9 Å². The SMILES string of the molecule is Cc1ccccc1NC(=O)Nc1sc(C(C)(C)C)cc1C(=O)N1CCC(=O)N(CCN(C)C)CC1. The molecule has 0 bridgehead atoms. The zero-order chi connectivity index (χ0) is 25.8. The van der Waals surface area contributed by atoms with Gasteiger partial charge in [0.25, 0.3) is 5.91 Å². The summed E-state index contributed by atoms with van der Waals surface area (Å²) in [6.07, 6.45) is 0.298. The van der Waals surface area contributed by atoms with E-state index >= 15 is 0 Å². The van der Waals surface area contributed by atoms with Gasteiger partial charge in [-0.05, 0) is 44.1 Å². The number of hydrogen-bond acceptors (Lipinski definition) is 5. The molecule has 35 heavy (non-hydrogen) atoms. The van der Waals surface area contributed by atoms with Gasteiger partial charge in [-0.3, -0.25) is 14.9 Å². The molecule has 2 heterocycles. The quantitative estimate of drug-likeness (QED) is 0.623. The maximum absolute atomic E-state index is 13.6. The Morgan fingerprint density at radius 3 is 2.46 bits per heavy atom. The minimum Gasteiger partial charge on any atom is -0.340 e. The van der Waals surface area contributed by atoms with Gasteiger partial charge in [-0.25, -0.2) is 4.79 Å². The molecule has 0 saturated carbocycles. The van der Waals surface area contributed by atoms with Crippen LogP contribution in [0, 0.1) is 6.92 Å². The first kappa shape index (κ1) is 26.7. The minimum atomic E-state index is -0.392. The first-order valence-corrected chi connectivity index (χ1v) is 12.8. The van der Waals surface area contributed by atoms with Gasteiger partial charge in [-0.15, -0.1) is 11.3 Å². The van der Waals surface area contributed by atoms with Crippen molar-refractivity contribution in [1.29, 1.82) is 0 Å². The average molecular weight is 500 g/mol. The van der Waals surface area contributed by atoms with Crippen LogP contribution in [0.2, 0.25) is 0 Å². The van der Waals surface area contributed by atoms with Crippen LogP contribution in [0.25, 0.3) is 0 Å². The van der Waals surface area contributed by atoms with Crippen molar-refractivity contribution in [2.45, 2.75) is 39.5 Å². The third kappa shape index (κ3) is 7.05. The van der Waals surface area contributed by atoms with Crippen LogP contribution < -0.4 is 10.6 Å².